The fourth-order valence-corrected chi connectivity index (χ4v) is 4.71. The van der Waals surface area contributed by atoms with Crippen LogP contribution in [0.2, 0.25) is 5.02 Å². The van der Waals surface area contributed by atoms with Crippen molar-refractivity contribution in [1.82, 2.24) is 0 Å². The molecule has 0 saturated heterocycles. The van der Waals surface area contributed by atoms with Gasteiger partial charge in [-0.3, -0.25) is 0 Å². The summed E-state index contributed by atoms with van der Waals surface area (Å²) in [4.78, 5) is 0. The molecule has 3 aromatic carbocycles. The van der Waals surface area contributed by atoms with Gasteiger partial charge >= 0.3 is 0 Å². The van der Waals surface area contributed by atoms with Gasteiger partial charge in [0.15, 0.2) is 0 Å². The van der Waals surface area contributed by atoms with Crippen LogP contribution in [-0.4, -0.2) is 0 Å². The normalized spacial score (nSPS) is 24.0. The molecule has 0 aromatic heterocycles. The Morgan fingerprint density at radius 2 is 1.88 bits per heavy atom. The molecule has 0 radical (unpaired) electrons. The number of hydrogen-bond acceptors (Lipinski definition) is 1. The Hall–Kier alpha value is -2.32. The summed E-state index contributed by atoms with van der Waals surface area (Å²) in [5.74, 6) is 0.337. The Bertz CT molecular complexity index is 990. The van der Waals surface area contributed by atoms with Gasteiger partial charge in [0.05, 0.1) is 6.04 Å². The number of fused-ring (bicyclic) bond motifs is 5. The topological polar surface area (TPSA) is 12.0 Å². The maximum atomic E-state index is 14.6. The summed E-state index contributed by atoms with van der Waals surface area (Å²) in [6.07, 6.45) is 5.41. The average Bonchev–Trinajstić information content (AvgIpc) is 3.11. The predicted molar refractivity (Wildman–Crippen MR) is 102 cm³/mol. The first-order valence-electron chi connectivity index (χ1n) is 8.63. The number of hydrogen-bond donors (Lipinski definition) is 1. The smallest absolute Gasteiger partial charge is 0.129 e. The largest absolute Gasteiger partial charge is 0.377 e. The third-order valence-corrected chi connectivity index (χ3v) is 5.90. The number of benzene rings is 3. The quantitative estimate of drug-likeness (QED) is 0.497. The molecule has 1 nitrogen and oxygen atoms in total. The average molecular weight is 350 g/mol. The highest BCUT2D eigenvalue weighted by Crippen LogP contribution is 2.52. The number of nitrogens with one attached hydrogen (secondary N) is 1. The van der Waals surface area contributed by atoms with Crippen molar-refractivity contribution in [1.29, 1.82) is 0 Å². The summed E-state index contributed by atoms with van der Waals surface area (Å²) in [6, 6.07) is 17.5. The summed E-state index contributed by atoms with van der Waals surface area (Å²) in [5, 5.41) is 6.50. The number of halogens is 2. The third-order valence-electron chi connectivity index (χ3n) is 5.57. The first-order valence-corrected chi connectivity index (χ1v) is 9.00. The zero-order valence-corrected chi connectivity index (χ0v) is 14.3. The summed E-state index contributed by atoms with van der Waals surface area (Å²) < 4.78 is 14.6. The van der Waals surface area contributed by atoms with Crippen LogP contribution >= 0.6 is 11.6 Å². The van der Waals surface area contributed by atoms with Gasteiger partial charge in [-0.15, -0.1) is 0 Å². The molecule has 0 saturated carbocycles. The molecule has 1 N–H and O–H groups in total. The SMILES string of the molecule is Fc1cccc(Cl)c1[C@@H]1Nc2c(ccc3ccccc23)[C@@H]2C=CC[C@@H]21. The molecule has 1 heterocycles. The van der Waals surface area contributed by atoms with Gasteiger partial charge in [-0.25, -0.2) is 4.39 Å². The van der Waals surface area contributed by atoms with Crippen molar-refractivity contribution < 1.29 is 4.39 Å². The molecule has 0 spiro atoms. The van der Waals surface area contributed by atoms with E-state index in [1.807, 2.05) is 12.1 Å². The Balaban J connectivity index is 1.74. The molecule has 0 amide bonds. The van der Waals surface area contributed by atoms with Crippen molar-refractivity contribution in [3.8, 4) is 0 Å². The molecular weight excluding hydrogens is 333 g/mol. The Morgan fingerprint density at radius 1 is 1.00 bits per heavy atom. The van der Waals surface area contributed by atoms with Crippen LogP contribution in [0.3, 0.4) is 0 Å². The van der Waals surface area contributed by atoms with E-state index < -0.39 is 0 Å². The second kappa shape index (κ2) is 5.60. The number of anilines is 1. The van der Waals surface area contributed by atoms with Crippen molar-refractivity contribution >= 4 is 28.1 Å². The Kier molecular flexibility index (Phi) is 3.36. The summed E-state index contributed by atoms with van der Waals surface area (Å²) >= 11 is 6.40. The van der Waals surface area contributed by atoms with Gasteiger partial charge < -0.3 is 5.32 Å². The molecule has 3 atom stereocenters. The van der Waals surface area contributed by atoms with Gasteiger partial charge in [-0.1, -0.05) is 66.2 Å². The standard InChI is InChI=1S/C22H17ClFN/c23-18-9-4-10-19(24)20(18)22-16-8-3-7-15(16)17-12-11-13-5-1-2-6-14(13)21(17)25-22/h1-7,9-12,15-16,22,25H,8H2/t15-,16+,22-/m1/s1. The van der Waals surface area contributed by atoms with E-state index in [9.17, 15) is 4.39 Å². The molecule has 5 rings (SSSR count). The van der Waals surface area contributed by atoms with Crippen molar-refractivity contribution in [2.45, 2.75) is 18.4 Å². The van der Waals surface area contributed by atoms with Crippen LogP contribution in [0.1, 0.15) is 29.5 Å². The molecular formula is C22H17ClFN. The zero-order valence-electron chi connectivity index (χ0n) is 13.5. The van der Waals surface area contributed by atoms with Crippen molar-refractivity contribution in [2.75, 3.05) is 5.32 Å². The predicted octanol–water partition coefficient (Wildman–Crippen LogP) is 6.46. The third kappa shape index (κ3) is 2.21. The summed E-state index contributed by atoms with van der Waals surface area (Å²) in [6.45, 7) is 0. The highest BCUT2D eigenvalue weighted by atomic mass is 35.5. The molecule has 0 fully saturated rings. The van der Waals surface area contributed by atoms with Crippen LogP contribution in [0.25, 0.3) is 10.8 Å². The summed E-state index contributed by atoms with van der Waals surface area (Å²) in [5.41, 5.74) is 2.98. The minimum Gasteiger partial charge on any atom is -0.377 e. The van der Waals surface area contributed by atoms with Crippen molar-refractivity contribution in [3.05, 3.63) is 88.7 Å². The lowest BCUT2D eigenvalue weighted by molar-refractivity contribution is 0.414. The highest BCUT2D eigenvalue weighted by molar-refractivity contribution is 6.31. The van der Waals surface area contributed by atoms with E-state index in [0.29, 0.717) is 16.5 Å². The molecule has 25 heavy (non-hydrogen) atoms. The minimum absolute atomic E-state index is 0.132. The van der Waals surface area contributed by atoms with E-state index in [1.54, 1.807) is 12.1 Å². The van der Waals surface area contributed by atoms with Crippen LogP contribution in [0.15, 0.2) is 66.7 Å². The van der Waals surface area contributed by atoms with Crippen LogP contribution < -0.4 is 5.32 Å². The molecule has 1 aliphatic heterocycles. The molecule has 0 bridgehead atoms. The van der Waals surface area contributed by atoms with Crippen LogP contribution in [0.4, 0.5) is 10.1 Å². The van der Waals surface area contributed by atoms with E-state index in [1.165, 1.54) is 22.4 Å². The van der Waals surface area contributed by atoms with Gasteiger partial charge in [-0.2, -0.15) is 0 Å². The van der Waals surface area contributed by atoms with E-state index in [0.717, 1.165) is 12.1 Å². The first-order chi connectivity index (χ1) is 12.2. The van der Waals surface area contributed by atoms with Gasteiger partial charge in [-0.05, 0) is 35.4 Å². The van der Waals surface area contributed by atoms with Crippen LogP contribution in [-0.2, 0) is 0 Å². The lowest BCUT2D eigenvalue weighted by Crippen LogP contribution is -2.30. The molecule has 3 aromatic rings. The molecule has 124 valence electrons. The van der Waals surface area contributed by atoms with Crippen LogP contribution in [0.5, 0.6) is 0 Å². The second-order valence-corrected chi connectivity index (χ2v) is 7.27. The lowest BCUT2D eigenvalue weighted by atomic mass is 9.76. The van der Waals surface area contributed by atoms with Gasteiger partial charge in [0.1, 0.15) is 5.82 Å². The Morgan fingerprint density at radius 3 is 2.76 bits per heavy atom. The Labute approximate surface area is 151 Å². The fourth-order valence-electron chi connectivity index (χ4n) is 4.43. The molecule has 2 aliphatic rings. The van der Waals surface area contributed by atoms with E-state index in [4.69, 9.17) is 11.6 Å². The monoisotopic (exact) mass is 349 g/mol. The zero-order chi connectivity index (χ0) is 17.0. The summed E-state index contributed by atoms with van der Waals surface area (Å²) in [7, 11) is 0. The van der Waals surface area contributed by atoms with E-state index >= 15 is 0 Å². The maximum Gasteiger partial charge on any atom is 0.129 e. The van der Waals surface area contributed by atoms with Gasteiger partial charge in [0, 0.05) is 27.6 Å². The minimum atomic E-state index is -0.237. The molecule has 3 heteroatoms. The maximum absolute atomic E-state index is 14.6. The first kappa shape index (κ1) is 15.0. The fraction of sp³-hybridized carbons (Fsp3) is 0.182. The second-order valence-electron chi connectivity index (χ2n) is 6.86. The molecule has 0 unspecified atom stereocenters. The van der Waals surface area contributed by atoms with E-state index in [-0.39, 0.29) is 17.8 Å². The number of allylic oxidation sites excluding steroid dienone is 2. The molecule has 1 aliphatic carbocycles. The number of rotatable bonds is 1. The highest BCUT2D eigenvalue weighted by Gasteiger charge is 2.40. The van der Waals surface area contributed by atoms with Gasteiger partial charge in [0.2, 0.25) is 0 Å². The van der Waals surface area contributed by atoms with E-state index in [2.05, 4.69) is 41.7 Å². The van der Waals surface area contributed by atoms with Crippen molar-refractivity contribution in [3.63, 3.8) is 0 Å². The van der Waals surface area contributed by atoms with Crippen LogP contribution in [0, 0.1) is 11.7 Å². The van der Waals surface area contributed by atoms with Gasteiger partial charge in [0.25, 0.3) is 0 Å². The lowest BCUT2D eigenvalue weighted by Gasteiger charge is -2.38. The van der Waals surface area contributed by atoms with Crippen molar-refractivity contribution in [2.24, 2.45) is 5.92 Å².